The van der Waals surface area contributed by atoms with Crippen molar-refractivity contribution in [3.05, 3.63) is 222 Å². The summed E-state index contributed by atoms with van der Waals surface area (Å²) in [7, 11) is 0. The van der Waals surface area contributed by atoms with E-state index < -0.39 is 5.41 Å². The molecular formula is C53H32N4O. The summed E-state index contributed by atoms with van der Waals surface area (Å²) in [5, 5.41) is 9.74. The van der Waals surface area contributed by atoms with Gasteiger partial charge in [0, 0.05) is 27.8 Å². The number of fused-ring (bicyclic) bond motifs is 9. The molecule has 2 heterocycles. The first kappa shape index (κ1) is 33.4. The third kappa shape index (κ3) is 5.20. The van der Waals surface area contributed by atoms with Crippen molar-refractivity contribution in [1.29, 1.82) is 5.26 Å². The molecule has 1 aliphatic heterocycles. The minimum absolute atomic E-state index is 0.554. The highest BCUT2D eigenvalue weighted by molar-refractivity contribution is 5.95. The lowest BCUT2D eigenvalue weighted by Crippen LogP contribution is -2.32. The molecule has 5 heteroatoms. The molecule has 5 nitrogen and oxygen atoms in total. The minimum atomic E-state index is -0.680. The third-order valence-electron chi connectivity index (χ3n) is 11.5. The zero-order chi connectivity index (χ0) is 38.6. The van der Waals surface area contributed by atoms with Crippen LogP contribution in [-0.4, -0.2) is 15.0 Å². The van der Waals surface area contributed by atoms with Crippen LogP contribution in [-0.2, 0) is 5.41 Å². The largest absolute Gasteiger partial charge is 0.457 e. The molecule has 9 aromatic rings. The predicted molar refractivity (Wildman–Crippen MR) is 229 cm³/mol. The number of aromatic nitrogens is 3. The molecule has 8 aromatic carbocycles. The Balaban J connectivity index is 1.21. The quantitative estimate of drug-likeness (QED) is 0.176. The molecule has 0 atom stereocenters. The van der Waals surface area contributed by atoms with E-state index in [1.54, 1.807) is 0 Å². The fourth-order valence-electron chi connectivity index (χ4n) is 8.83. The number of benzene rings is 8. The summed E-state index contributed by atoms with van der Waals surface area (Å²) in [6.07, 6.45) is 0. The molecule has 0 radical (unpaired) electrons. The van der Waals surface area contributed by atoms with E-state index in [1.165, 1.54) is 5.56 Å². The van der Waals surface area contributed by atoms with Gasteiger partial charge >= 0.3 is 0 Å². The van der Waals surface area contributed by atoms with Gasteiger partial charge in [0.25, 0.3) is 0 Å². The van der Waals surface area contributed by atoms with Crippen molar-refractivity contribution in [1.82, 2.24) is 15.0 Å². The molecule has 1 aliphatic carbocycles. The van der Waals surface area contributed by atoms with Crippen molar-refractivity contribution >= 4 is 0 Å². The molecule has 0 N–H and O–H groups in total. The fraction of sp³-hybridized carbons (Fsp3) is 0.0189. The Bertz CT molecular complexity index is 3030. The Morgan fingerprint density at radius 3 is 1.48 bits per heavy atom. The molecule has 0 amide bonds. The van der Waals surface area contributed by atoms with Gasteiger partial charge in [-0.15, -0.1) is 0 Å². The van der Waals surface area contributed by atoms with Crippen molar-refractivity contribution < 1.29 is 4.74 Å². The van der Waals surface area contributed by atoms with Gasteiger partial charge in [-0.25, -0.2) is 15.0 Å². The number of ether oxygens (including phenoxy) is 1. The summed E-state index contributed by atoms with van der Waals surface area (Å²) < 4.78 is 6.63. The van der Waals surface area contributed by atoms with Gasteiger partial charge < -0.3 is 4.74 Å². The van der Waals surface area contributed by atoms with E-state index in [-0.39, 0.29) is 0 Å². The van der Waals surface area contributed by atoms with Crippen LogP contribution in [0.1, 0.15) is 27.8 Å². The second-order valence-corrected chi connectivity index (χ2v) is 14.6. The molecule has 0 saturated heterocycles. The number of nitriles is 1. The standard InChI is InChI=1S/C53H32N4O/c54-33-34-23-25-37(26-24-34)41-31-42-40-17-7-8-18-44(40)53(45-19-9-11-21-48(45)58-49-22-12-10-20-46(49)53)47(42)32-43(41)52-56-50(38-15-5-2-6-16-38)55-51(57-52)39-29-27-36(28-30-39)35-13-3-1-4-14-35/h1-32H. The van der Waals surface area contributed by atoms with E-state index in [1.807, 2.05) is 72.8 Å². The Kier molecular flexibility index (Phi) is 7.70. The molecule has 0 fully saturated rings. The van der Waals surface area contributed by atoms with Crippen LogP contribution in [0.3, 0.4) is 0 Å². The van der Waals surface area contributed by atoms with Gasteiger partial charge in [-0.3, -0.25) is 0 Å². The maximum absolute atomic E-state index is 9.74. The Morgan fingerprint density at radius 1 is 0.362 bits per heavy atom. The highest BCUT2D eigenvalue weighted by atomic mass is 16.5. The van der Waals surface area contributed by atoms with E-state index in [9.17, 15) is 5.26 Å². The summed E-state index contributed by atoms with van der Waals surface area (Å²) in [6, 6.07) is 69.0. The van der Waals surface area contributed by atoms with Gasteiger partial charge in [0.2, 0.25) is 0 Å². The average Bonchev–Trinajstić information content (AvgIpc) is 3.58. The molecule has 1 spiro atoms. The average molecular weight is 741 g/mol. The normalized spacial score (nSPS) is 12.7. The molecule has 0 bridgehead atoms. The number of hydrogen-bond donors (Lipinski definition) is 0. The number of rotatable bonds is 5. The van der Waals surface area contributed by atoms with Gasteiger partial charge in [0.05, 0.1) is 17.0 Å². The monoisotopic (exact) mass is 740 g/mol. The SMILES string of the molecule is N#Cc1ccc(-c2cc3c(cc2-c2nc(-c4ccccc4)nc(-c4ccc(-c5ccccc5)cc4)n2)C2(c4ccccc4Oc4ccccc42)c2ccccc2-3)cc1. The molecule has 58 heavy (non-hydrogen) atoms. The summed E-state index contributed by atoms with van der Waals surface area (Å²) in [6.45, 7) is 0. The van der Waals surface area contributed by atoms with E-state index >= 15 is 0 Å². The van der Waals surface area contributed by atoms with Crippen molar-refractivity contribution in [3.63, 3.8) is 0 Å². The fourth-order valence-corrected chi connectivity index (χ4v) is 8.83. The number of para-hydroxylation sites is 2. The van der Waals surface area contributed by atoms with Gasteiger partial charge in [-0.05, 0) is 80.9 Å². The maximum Gasteiger partial charge on any atom is 0.164 e. The van der Waals surface area contributed by atoms with Crippen LogP contribution in [0.25, 0.3) is 67.5 Å². The van der Waals surface area contributed by atoms with Crippen molar-refractivity contribution in [3.8, 4) is 85.1 Å². The zero-order valence-electron chi connectivity index (χ0n) is 31.2. The first-order chi connectivity index (χ1) is 28.7. The van der Waals surface area contributed by atoms with Gasteiger partial charge in [-0.2, -0.15) is 5.26 Å². The summed E-state index contributed by atoms with van der Waals surface area (Å²) in [5.74, 6) is 3.37. The lowest BCUT2D eigenvalue weighted by atomic mass is 9.66. The first-order valence-electron chi connectivity index (χ1n) is 19.3. The highest BCUT2D eigenvalue weighted by Crippen LogP contribution is 2.63. The molecule has 11 rings (SSSR count). The summed E-state index contributed by atoms with van der Waals surface area (Å²) in [5.41, 5.74) is 13.5. The van der Waals surface area contributed by atoms with Gasteiger partial charge in [0.1, 0.15) is 11.5 Å². The van der Waals surface area contributed by atoms with Crippen LogP contribution < -0.4 is 4.74 Å². The van der Waals surface area contributed by atoms with Crippen molar-refractivity contribution in [2.45, 2.75) is 5.41 Å². The van der Waals surface area contributed by atoms with E-state index in [0.29, 0.717) is 23.0 Å². The topological polar surface area (TPSA) is 71.7 Å². The molecule has 0 saturated carbocycles. The summed E-state index contributed by atoms with van der Waals surface area (Å²) in [4.78, 5) is 15.7. The second-order valence-electron chi connectivity index (χ2n) is 14.6. The molecule has 270 valence electrons. The molecular weight excluding hydrogens is 709 g/mol. The van der Waals surface area contributed by atoms with Gasteiger partial charge in [-0.1, -0.05) is 158 Å². The minimum Gasteiger partial charge on any atom is -0.457 e. The summed E-state index contributed by atoms with van der Waals surface area (Å²) >= 11 is 0. The van der Waals surface area contributed by atoms with Crippen LogP contribution in [0.5, 0.6) is 11.5 Å². The molecule has 0 unspecified atom stereocenters. The van der Waals surface area contributed by atoms with Crippen LogP contribution in [0.4, 0.5) is 0 Å². The Labute approximate surface area is 336 Å². The predicted octanol–water partition coefficient (Wildman–Crippen LogP) is 12.5. The van der Waals surface area contributed by atoms with Crippen molar-refractivity contribution in [2.24, 2.45) is 0 Å². The Hall–Kier alpha value is -7.94. The molecule has 2 aliphatic rings. The number of nitrogens with zero attached hydrogens (tertiary/aromatic N) is 4. The number of hydrogen-bond acceptors (Lipinski definition) is 5. The van der Waals surface area contributed by atoms with Crippen LogP contribution >= 0.6 is 0 Å². The smallest absolute Gasteiger partial charge is 0.164 e. The Morgan fingerprint density at radius 2 is 0.845 bits per heavy atom. The molecule has 1 aromatic heterocycles. The first-order valence-corrected chi connectivity index (χ1v) is 19.3. The van der Waals surface area contributed by atoms with E-state index in [4.69, 9.17) is 19.7 Å². The van der Waals surface area contributed by atoms with Crippen LogP contribution in [0.15, 0.2) is 194 Å². The van der Waals surface area contributed by atoms with Crippen LogP contribution in [0, 0.1) is 11.3 Å². The second kappa shape index (κ2) is 13.4. The third-order valence-corrected chi connectivity index (χ3v) is 11.5. The highest BCUT2D eigenvalue weighted by Gasteiger charge is 2.51. The van der Waals surface area contributed by atoms with Crippen LogP contribution in [0.2, 0.25) is 0 Å². The lowest BCUT2D eigenvalue weighted by Gasteiger charge is -2.39. The van der Waals surface area contributed by atoms with E-state index in [2.05, 4.69) is 127 Å². The van der Waals surface area contributed by atoms with Gasteiger partial charge in [0.15, 0.2) is 17.5 Å². The zero-order valence-corrected chi connectivity index (χ0v) is 31.2. The van der Waals surface area contributed by atoms with Crippen molar-refractivity contribution in [2.75, 3.05) is 0 Å². The maximum atomic E-state index is 9.74. The van der Waals surface area contributed by atoms with E-state index in [0.717, 1.165) is 78.3 Å². The lowest BCUT2D eigenvalue weighted by molar-refractivity contribution is 0.436.